The minimum Gasteiger partial charge on any atom is -0.497 e. The van der Waals surface area contributed by atoms with Crippen LogP contribution in [0.15, 0.2) is 30.5 Å². The quantitative estimate of drug-likeness (QED) is 0.542. The first-order valence-corrected chi connectivity index (χ1v) is 12.0. The van der Waals surface area contributed by atoms with E-state index in [1.165, 1.54) is 12.0 Å². The molecule has 2 aliphatic heterocycles. The molecule has 0 radical (unpaired) electrons. The molecule has 0 N–H and O–H groups in total. The molecule has 1 aromatic carbocycles. The number of aryl methyl sites for hydroxylation is 2. The average Bonchev–Trinajstić information content (AvgIpc) is 3.41. The summed E-state index contributed by atoms with van der Waals surface area (Å²) < 4.78 is 63.8. The Labute approximate surface area is 208 Å². The number of nitrogens with zero attached hydrogens (tertiary/aromatic N) is 3. The van der Waals surface area contributed by atoms with Gasteiger partial charge in [-0.3, -0.25) is 4.68 Å². The number of hydrogen-bond donors (Lipinski definition) is 0. The number of carbonyl (C=O) groups is 1. The second-order valence-corrected chi connectivity index (χ2v) is 9.49. The van der Waals surface area contributed by atoms with Crippen molar-refractivity contribution in [1.29, 1.82) is 0 Å². The van der Waals surface area contributed by atoms with Gasteiger partial charge in [-0.2, -0.15) is 18.3 Å². The van der Waals surface area contributed by atoms with E-state index in [0.29, 0.717) is 30.8 Å². The number of benzene rings is 1. The molecule has 36 heavy (non-hydrogen) atoms. The Morgan fingerprint density at radius 3 is 2.50 bits per heavy atom. The zero-order valence-corrected chi connectivity index (χ0v) is 20.7. The van der Waals surface area contributed by atoms with Crippen LogP contribution in [0.25, 0.3) is 0 Å². The van der Waals surface area contributed by atoms with E-state index in [1.807, 2.05) is 24.7 Å². The van der Waals surface area contributed by atoms with Gasteiger partial charge in [0.1, 0.15) is 5.75 Å². The lowest BCUT2D eigenvalue weighted by molar-refractivity contribution is -0.220. The van der Waals surface area contributed by atoms with Gasteiger partial charge in [0, 0.05) is 25.7 Å². The number of halogens is 3. The highest BCUT2D eigenvalue weighted by Crippen LogP contribution is 2.41. The molecule has 3 heterocycles. The number of amides is 1. The van der Waals surface area contributed by atoms with Crippen LogP contribution in [-0.2, 0) is 20.8 Å². The number of likely N-dealkylation sites (tertiary alicyclic amines) is 1. The predicted octanol–water partition coefficient (Wildman–Crippen LogP) is 4.59. The number of methoxy groups -OCH3 is 1. The molecule has 2 atom stereocenters. The Kier molecular flexibility index (Phi) is 7.79. The lowest BCUT2D eigenvalue weighted by atomic mass is 9.87. The SMILES string of the molecule is COc1ccc(COC[C@@H](OC(=O)N2CCC3(CC2)CC(n2cc(C)c(C)n2)CO3)C(F)(F)F)cc1. The summed E-state index contributed by atoms with van der Waals surface area (Å²) in [6.45, 7) is 4.18. The van der Waals surface area contributed by atoms with Gasteiger partial charge in [0.2, 0.25) is 6.10 Å². The van der Waals surface area contributed by atoms with Gasteiger partial charge in [-0.15, -0.1) is 0 Å². The molecule has 1 aromatic heterocycles. The summed E-state index contributed by atoms with van der Waals surface area (Å²) in [5.74, 6) is 0.634. The third kappa shape index (κ3) is 6.12. The van der Waals surface area contributed by atoms with E-state index in [9.17, 15) is 18.0 Å². The first-order chi connectivity index (χ1) is 17.1. The Morgan fingerprint density at radius 2 is 1.92 bits per heavy atom. The highest BCUT2D eigenvalue weighted by atomic mass is 19.4. The molecular formula is C25H32F3N3O5. The maximum absolute atomic E-state index is 13.5. The Morgan fingerprint density at radius 1 is 1.22 bits per heavy atom. The van der Waals surface area contributed by atoms with Crippen LogP contribution in [0.4, 0.5) is 18.0 Å². The third-order valence-corrected chi connectivity index (χ3v) is 6.96. The smallest absolute Gasteiger partial charge is 0.427 e. The van der Waals surface area contributed by atoms with E-state index in [1.54, 1.807) is 24.3 Å². The van der Waals surface area contributed by atoms with E-state index in [2.05, 4.69) is 5.10 Å². The highest BCUT2D eigenvalue weighted by Gasteiger charge is 2.47. The minimum atomic E-state index is -4.74. The molecule has 2 saturated heterocycles. The molecule has 11 heteroatoms. The molecule has 8 nitrogen and oxygen atoms in total. The standard InChI is InChI=1S/C25H32F3N3O5/c1-17-13-31(29-18(17)2)20-12-24(35-15-20)8-10-30(11-9-24)23(32)36-22(25(26,27)28)16-34-14-19-4-6-21(33-3)7-5-19/h4-7,13,20,22H,8-12,14-16H2,1-3H3/t20?,22-/m1/s1. The summed E-state index contributed by atoms with van der Waals surface area (Å²) >= 11 is 0. The molecule has 0 saturated carbocycles. The topological polar surface area (TPSA) is 75.1 Å². The lowest BCUT2D eigenvalue weighted by Gasteiger charge is -2.38. The molecule has 198 valence electrons. The van der Waals surface area contributed by atoms with Gasteiger partial charge in [0.05, 0.1) is 44.3 Å². The number of carbonyl (C=O) groups excluding carboxylic acids is 1. The number of piperidine rings is 1. The van der Waals surface area contributed by atoms with Crippen molar-refractivity contribution in [1.82, 2.24) is 14.7 Å². The fourth-order valence-electron chi connectivity index (χ4n) is 4.59. The molecule has 0 aliphatic carbocycles. The van der Waals surface area contributed by atoms with Crippen molar-refractivity contribution in [3.63, 3.8) is 0 Å². The van der Waals surface area contributed by atoms with Crippen LogP contribution in [-0.4, -0.2) is 72.1 Å². The monoisotopic (exact) mass is 511 g/mol. The molecule has 0 bridgehead atoms. The average molecular weight is 512 g/mol. The van der Waals surface area contributed by atoms with Gasteiger partial charge in [0.15, 0.2) is 0 Å². The van der Waals surface area contributed by atoms with Crippen molar-refractivity contribution in [3.05, 3.63) is 47.3 Å². The molecular weight excluding hydrogens is 479 g/mol. The second-order valence-electron chi connectivity index (χ2n) is 9.49. The van der Waals surface area contributed by atoms with Crippen molar-refractivity contribution < 1.29 is 36.9 Å². The highest BCUT2D eigenvalue weighted by molar-refractivity contribution is 5.68. The van der Waals surface area contributed by atoms with Gasteiger partial charge in [-0.25, -0.2) is 4.79 Å². The van der Waals surface area contributed by atoms with Crippen molar-refractivity contribution in [2.24, 2.45) is 0 Å². The summed E-state index contributed by atoms with van der Waals surface area (Å²) in [4.78, 5) is 13.9. The summed E-state index contributed by atoms with van der Waals surface area (Å²) in [6, 6.07) is 6.88. The molecule has 2 fully saturated rings. The van der Waals surface area contributed by atoms with Crippen molar-refractivity contribution in [2.45, 2.75) is 63.6 Å². The van der Waals surface area contributed by atoms with Gasteiger partial charge < -0.3 is 23.8 Å². The zero-order chi connectivity index (χ0) is 25.9. The third-order valence-electron chi connectivity index (χ3n) is 6.96. The number of hydrogen-bond acceptors (Lipinski definition) is 6. The summed E-state index contributed by atoms with van der Waals surface area (Å²) in [6.07, 6.45) is -4.27. The Balaban J connectivity index is 1.27. The zero-order valence-electron chi connectivity index (χ0n) is 20.7. The van der Waals surface area contributed by atoms with Crippen molar-refractivity contribution >= 4 is 6.09 Å². The summed E-state index contributed by atoms with van der Waals surface area (Å²) in [5.41, 5.74) is 2.36. The first kappa shape index (κ1) is 26.3. The Hall–Kier alpha value is -2.79. The largest absolute Gasteiger partial charge is 0.497 e. The number of rotatable bonds is 7. The summed E-state index contributed by atoms with van der Waals surface area (Å²) in [7, 11) is 1.52. The van der Waals surface area contributed by atoms with Gasteiger partial charge in [-0.05, 0) is 49.9 Å². The molecule has 2 aliphatic rings. The second kappa shape index (κ2) is 10.7. The van der Waals surface area contributed by atoms with E-state index in [0.717, 1.165) is 17.7 Å². The molecule has 1 unspecified atom stereocenters. The van der Waals surface area contributed by atoms with Gasteiger partial charge in [0.25, 0.3) is 0 Å². The van der Waals surface area contributed by atoms with E-state index in [-0.39, 0.29) is 25.7 Å². The van der Waals surface area contributed by atoms with Crippen LogP contribution in [0.3, 0.4) is 0 Å². The van der Waals surface area contributed by atoms with Crippen LogP contribution in [0.2, 0.25) is 0 Å². The van der Waals surface area contributed by atoms with E-state index < -0.39 is 30.6 Å². The number of ether oxygens (including phenoxy) is 4. The van der Waals surface area contributed by atoms with Crippen LogP contribution in [0, 0.1) is 13.8 Å². The maximum Gasteiger partial charge on any atom is 0.427 e. The first-order valence-electron chi connectivity index (χ1n) is 12.0. The molecule has 1 spiro atoms. The van der Waals surface area contributed by atoms with Crippen LogP contribution < -0.4 is 4.74 Å². The number of alkyl halides is 3. The van der Waals surface area contributed by atoms with Gasteiger partial charge in [-0.1, -0.05) is 12.1 Å². The maximum atomic E-state index is 13.5. The normalized spacial score (nSPS) is 20.5. The number of aromatic nitrogens is 2. The molecule has 4 rings (SSSR count). The summed E-state index contributed by atoms with van der Waals surface area (Å²) in [5, 5.41) is 4.55. The fourth-order valence-corrected chi connectivity index (χ4v) is 4.59. The van der Waals surface area contributed by atoms with Gasteiger partial charge >= 0.3 is 12.3 Å². The fraction of sp³-hybridized carbons (Fsp3) is 0.600. The molecule has 1 amide bonds. The predicted molar refractivity (Wildman–Crippen MR) is 124 cm³/mol. The minimum absolute atomic E-state index is 0.0475. The van der Waals surface area contributed by atoms with Crippen molar-refractivity contribution in [2.75, 3.05) is 33.4 Å². The Bertz CT molecular complexity index is 1010. The lowest BCUT2D eigenvalue weighted by Crippen LogP contribution is -2.49. The van der Waals surface area contributed by atoms with E-state index in [4.69, 9.17) is 18.9 Å². The van der Waals surface area contributed by atoms with Crippen LogP contribution >= 0.6 is 0 Å². The molecule has 2 aromatic rings. The van der Waals surface area contributed by atoms with Crippen LogP contribution in [0.5, 0.6) is 5.75 Å². The van der Waals surface area contributed by atoms with E-state index >= 15 is 0 Å². The van der Waals surface area contributed by atoms with Crippen LogP contribution in [0.1, 0.15) is 42.1 Å². The van der Waals surface area contributed by atoms with Crippen molar-refractivity contribution in [3.8, 4) is 5.75 Å².